The summed E-state index contributed by atoms with van der Waals surface area (Å²) >= 11 is 0. The Morgan fingerprint density at radius 3 is 2.55 bits per heavy atom. The van der Waals surface area contributed by atoms with Crippen molar-refractivity contribution in [1.82, 2.24) is 5.32 Å². The molecule has 102 valence electrons. The number of rotatable bonds is 5. The van der Waals surface area contributed by atoms with Crippen LogP contribution in [0.15, 0.2) is 48.6 Å². The molecule has 0 aliphatic carbocycles. The first-order chi connectivity index (χ1) is 9.63. The van der Waals surface area contributed by atoms with E-state index in [1.807, 2.05) is 6.07 Å². The lowest BCUT2D eigenvalue weighted by atomic mass is 10.00. The summed E-state index contributed by atoms with van der Waals surface area (Å²) in [5.41, 5.74) is 1.34. The molecule has 0 unspecified atom stereocenters. The Kier molecular flexibility index (Phi) is 4.10. The number of amides is 2. The molecule has 2 amide bonds. The fourth-order valence-electron chi connectivity index (χ4n) is 1.95. The standard InChI is InChI=1S/C15H13NO4/c1-2-12(17)20-9-8-11-13(15(19)16-14(11)18)10-6-4-3-5-7-10/h2-7H,1,8-9H2,(H,16,18,19). The van der Waals surface area contributed by atoms with Crippen molar-refractivity contribution in [2.45, 2.75) is 6.42 Å². The zero-order chi connectivity index (χ0) is 14.5. The Bertz CT molecular complexity index is 602. The molecular formula is C15H13NO4. The van der Waals surface area contributed by atoms with Gasteiger partial charge in [-0.3, -0.25) is 14.9 Å². The molecule has 0 bridgehead atoms. The zero-order valence-corrected chi connectivity index (χ0v) is 10.7. The molecule has 0 radical (unpaired) electrons. The van der Waals surface area contributed by atoms with Gasteiger partial charge in [0.05, 0.1) is 12.2 Å². The average Bonchev–Trinajstić information content (AvgIpc) is 2.74. The van der Waals surface area contributed by atoms with Crippen molar-refractivity contribution in [3.8, 4) is 0 Å². The molecule has 5 heteroatoms. The number of nitrogens with one attached hydrogen (secondary N) is 1. The van der Waals surface area contributed by atoms with Gasteiger partial charge in [0.25, 0.3) is 11.8 Å². The average molecular weight is 271 g/mol. The molecule has 1 aliphatic heterocycles. The first-order valence-corrected chi connectivity index (χ1v) is 6.07. The van der Waals surface area contributed by atoms with Gasteiger partial charge in [0.2, 0.25) is 0 Å². The fourth-order valence-corrected chi connectivity index (χ4v) is 1.95. The minimum Gasteiger partial charge on any atom is -0.462 e. The molecule has 1 aliphatic rings. The summed E-state index contributed by atoms with van der Waals surface area (Å²) in [6, 6.07) is 8.90. The highest BCUT2D eigenvalue weighted by atomic mass is 16.5. The fraction of sp³-hybridized carbons (Fsp3) is 0.133. The Balaban J connectivity index is 2.22. The summed E-state index contributed by atoms with van der Waals surface area (Å²) < 4.78 is 4.84. The highest BCUT2D eigenvalue weighted by molar-refractivity contribution is 6.35. The monoisotopic (exact) mass is 271 g/mol. The smallest absolute Gasteiger partial charge is 0.330 e. The summed E-state index contributed by atoms with van der Waals surface area (Å²) in [4.78, 5) is 34.6. The van der Waals surface area contributed by atoms with Crippen LogP contribution in [0.2, 0.25) is 0 Å². The molecule has 0 spiro atoms. The molecule has 20 heavy (non-hydrogen) atoms. The second kappa shape index (κ2) is 5.97. The van der Waals surface area contributed by atoms with Crippen molar-refractivity contribution in [1.29, 1.82) is 0 Å². The van der Waals surface area contributed by atoms with Crippen LogP contribution in [0, 0.1) is 0 Å². The summed E-state index contributed by atoms with van der Waals surface area (Å²) in [6.45, 7) is 3.31. The van der Waals surface area contributed by atoms with E-state index >= 15 is 0 Å². The van der Waals surface area contributed by atoms with Crippen molar-refractivity contribution in [3.05, 3.63) is 54.1 Å². The van der Waals surface area contributed by atoms with Crippen LogP contribution in [-0.2, 0) is 19.1 Å². The van der Waals surface area contributed by atoms with Gasteiger partial charge < -0.3 is 4.74 Å². The molecule has 0 saturated heterocycles. The quantitative estimate of drug-likeness (QED) is 0.496. The molecule has 0 atom stereocenters. The molecule has 1 N–H and O–H groups in total. The lowest BCUT2D eigenvalue weighted by Crippen LogP contribution is -2.23. The predicted molar refractivity (Wildman–Crippen MR) is 72.3 cm³/mol. The third-order valence-corrected chi connectivity index (χ3v) is 2.86. The first-order valence-electron chi connectivity index (χ1n) is 6.07. The second-order valence-electron chi connectivity index (χ2n) is 4.12. The first kappa shape index (κ1) is 13.7. The second-order valence-corrected chi connectivity index (χ2v) is 4.12. The molecule has 2 rings (SSSR count). The number of imide groups is 1. The minimum atomic E-state index is -0.559. The van der Waals surface area contributed by atoms with Gasteiger partial charge in [0.1, 0.15) is 0 Å². The van der Waals surface area contributed by atoms with Crippen molar-refractivity contribution >= 4 is 23.4 Å². The molecule has 5 nitrogen and oxygen atoms in total. The van der Waals surface area contributed by atoms with Gasteiger partial charge in [0.15, 0.2) is 0 Å². The van der Waals surface area contributed by atoms with E-state index in [9.17, 15) is 14.4 Å². The third kappa shape index (κ3) is 2.83. The topological polar surface area (TPSA) is 72.5 Å². The highest BCUT2D eigenvalue weighted by Gasteiger charge is 2.30. The third-order valence-electron chi connectivity index (χ3n) is 2.86. The van der Waals surface area contributed by atoms with Crippen molar-refractivity contribution in [3.63, 3.8) is 0 Å². The Morgan fingerprint density at radius 1 is 1.20 bits per heavy atom. The number of hydrogen-bond acceptors (Lipinski definition) is 4. The minimum absolute atomic E-state index is 0.0250. The molecule has 0 aromatic heterocycles. The maximum absolute atomic E-state index is 11.8. The summed E-state index contributed by atoms with van der Waals surface area (Å²) in [5.74, 6) is -1.42. The number of carbonyl (C=O) groups is 3. The van der Waals surface area contributed by atoms with Crippen molar-refractivity contribution < 1.29 is 19.1 Å². The van der Waals surface area contributed by atoms with E-state index in [2.05, 4.69) is 11.9 Å². The van der Waals surface area contributed by atoms with E-state index < -0.39 is 17.8 Å². The zero-order valence-electron chi connectivity index (χ0n) is 10.7. The van der Waals surface area contributed by atoms with Crippen LogP contribution in [0.25, 0.3) is 5.57 Å². The lowest BCUT2D eigenvalue weighted by Gasteiger charge is -2.04. The Hall–Kier alpha value is -2.69. The van der Waals surface area contributed by atoms with E-state index in [-0.39, 0.29) is 13.0 Å². The largest absolute Gasteiger partial charge is 0.462 e. The van der Waals surface area contributed by atoms with Crippen LogP contribution in [-0.4, -0.2) is 24.4 Å². The van der Waals surface area contributed by atoms with Gasteiger partial charge in [-0.25, -0.2) is 4.79 Å². The number of esters is 1. The number of ether oxygens (including phenoxy) is 1. The van der Waals surface area contributed by atoms with Crippen molar-refractivity contribution in [2.75, 3.05) is 6.61 Å². The van der Waals surface area contributed by atoms with E-state index in [1.54, 1.807) is 24.3 Å². The maximum atomic E-state index is 11.8. The number of benzene rings is 1. The van der Waals surface area contributed by atoms with Crippen LogP contribution in [0.4, 0.5) is 0 Å². The van der Waals surface area contributed by atoms with E-state index in [0.717, 1.165) is 6.08 Å². The highest BCUT2D eigenvalue weighted by Crippen LogP contribution is 2.25. The Labute approximate surface area is 115 Å². The predicted octanol–water partition coefficient (Wildman–Crippen LogP) is 1.22. The molecule has 1 heterocycles. The maximum Gasteiger partial charge on any atom is 0.330 e. The summed E-state index contributed by atoms with van der Waals surface area (Å²) in [7, 11) is 0. The van der Waals surface area contributed by atoms with Gasteiger partial charge >= 0.3 is 5.97 Å². The molecule has 1 aromatic carbocycles. The van der Waals surface area contributed by atoms with Crippen LogP contribution in [0.3, 0.4) is 0 Å². The van der Waals surface area contributed by atoms with Crippen molar-refractivity contribution in [2.24, 2.45) is 0 Å². The van der Waals surface area contributed by atoms with E-state index in [0.29, 0.717) is 16.7 Å². The van der Waals surface area contributed by atoms with Crippen LogP contribution < -0.4 is 5.32 Å². The molecule has 0 fully saturated rings. The van der Waals surface area contributed by atoms with Crippen LogP contribution in [0.5, 0.6) is 0 Å². The Morgan fingerprint density at radius 2 is 1.90 bits per heavy atom. The molecule has 1 aromatic rings. The van der Waals surface area contributed by atoms with Crippen LogP contribution >= 0.6 is 0 Å². The van der Waals surface area contributed by atoms with Crippen LogP contribution in [0.1, 0.15) is 12.0 Å². The van der Waals surface area contributed by atoms with Gasteiger partial charge in [-0.2, -0.15) is 0 Å². The van der Waals surface area contributed by atoms with Gasteiger partial charge in [0, 0.05) is 18.1 Å². The molecule has 0 saturated carbocycles. The number of carbonyl (C=O) groups excluding carboxylic acids is 3. The lowest BCUT2D eigenvalue weighted by molar-refractivity contribution is -0.138. The summed E-state index contributed by atoms with van der Waals surface area (Å²) in [6.07, 6.45) is 1.23. The van der Waals surface area contributed by atoms with Gasteiger partial charge in [-0.05, 0) is 5.56 Å². The van der Waals surface area contributed by atoms with Gasteiger partial charge in [-0.1, -0.05) is 36.9 Å². The van der Waals surface area contributed by atoms with E-state index in [4.69, 9.17) is 4.74 Å². The summed E-state index contributed by atoms with van der Waals surface area (Å²) in [5, 5.41) is 2.25. The van der Waals surface area contributed by atoms with Gasteiger partial charge in [-0.15, -0.1) is 0 Å². The SMILES string of the molecule is C=CC(=O)OCCC1=C(c2ccccc2)C(=O)NC1=O. The molecular weight excluding hydrogens is 258 g/mol. The van der Waals surface area contributed by atoms with E-state index in [1.165, 1.54) is 0 Å². The number of hydrogen-bond donors (Lipinski definition) is 1. The normalized spacial score (nSPS) is 14.2.